The molecule has 0 saturated carbocycles. The maximum absolute atomic E-state index is 11.7. The van der Waals surface area contributed by atoms with Crippen molar-refractivity contribution in [1.29, 1.82) is 0 Å². The molecule has 1 unspecified atom stereocenters. The Kier molecular flexibility index (Phi) is 6.86. The topological polar surface area (TPSA) is 97.4 Å². The molecule has 2 atom stereocenters. The van der Waals surface area contributed by atoms with Crippen LogP contribution in [0.2, 0.25) is 0 Å². The molecule has 1 rings (SSSR count). The lowest BCUT2D eigenvalue weighted by atomic mass is 10.3. The molecule has 0 radical (unpaired) electrons. The number of aromatic nitrogens is 1. The lowest BCUT2D eigenvalue weighted by molar-refractivity contribution is 0.596. The number of aliphatic imine (C=N–C) groups is 1. The minimum Gasteiger partial charge on any atom is -0.323 e. The second kappa shape index (κ2) is 8.17. The standard InChI is InChI=1S/C15H24N4O2S/c1-5-22(20,21)15-7-6-14(19-10-15)9-17-11(2)8-18-13(4)12(3)16/h6-8,10-12,17H,4-5,9,16H2,1-3H3/b18-8-/t11?,12-/m0/s1. The Morgan fingerprint density at radius 1 is 1.50 bits per heavy atom. The molecule has 0 spiro atoms. The van der Waals surface area contributed by atoms with Crippen LogP contribution in [0.3, 0.4) is 0 Å². The first-order valence-electron chi connectivity index (χ1n) is 7.16. The fourth-order valence-corrected chi connectivity index (χ4v) is 2.33. The Bertz CT molecular complexity index is 621. The molecule has 0 bridgehead atoms. The lowest BCUT2D eigenvalue weighted by Crippen LogP contribution is -2.27. The van der Waals surface area contributed by atoms with Gasteiger partial charge in [0, 0.05) is 36.7 Å². The summed E-state index contributed by atoms with van der Waals surface area (Å²) in [5, 5.41) is 3.22. The molecule has 0 fully saturated rings. The molecule has 122 valence electrons. The van der Waals surface area contributed by atoms with Crippen molar-refractivity contribution in [3.8, 4) is 0 Å². The van der Waals surface area contributed by atoms with Gasteiger partial charge in [-0.1, -0.05) is 13.5 Å². The summed E-state index contributed by atoms with van der Waals surface area (Å²) in [5.74, 6) is 0.0726. The van der Waals surface area contributed by atoms with E-state index in [0.29, 0.717) is 12.2 Å². The Hall–Kier alpha value is -1.57. The molecule has 22 heavy (non-hydrogen) atoms. The van der Waals surface area contributed by atoms with Gasteiger partial charge in [0.25, 0.3) is 0 Å². The number of rotatable bonds is 8. The van der Waals surface area contributed by atoms with Gasteiger partial charge in [-0.25, -0.2) is 8.42 Å². The van der Waals surface area contributed by atoms with E-state index in [-0.39, 0.29) is 22.7 Å². The lowest BCUT2D eigenvalue weighted by Gasteiger charge is -2.10. The van der Waals surface area contributed by atoms with Gasteiger partial charge in [-0.3, -0.25) is 9.98 Å². The Morgan fingerprint density at radius 3 is 2.68 bits per heavy atom. The van der Waals surface area contributed by atoms with Crippen LogP contribution in [0.15, 0.2) is 40.5 Å². The molecule has 0 saturated heterocycles. The Morgan fingerprint density at radius 2 is 2.18 bits per heavy atom. The van der Waals surface area contributed by atoms with Crippen molar-refractivity contribution in [2.24, 2.45) is 10.7 Å². The third-order valence-corrected chi connectivity index (χ3v) is 4.85. The Balaban J connectivity index is 2.57. The van der Waals surface area contributed by atoms with Crippen LogP contribution in [0.25, 0.3) is 0 Å². The largest absolute Gasteiger partial charge is 0.323 e. The minimum atomic E-state index is -3.20. The molecule has 0 aromatic carbocycles. The molecule has 0 aliphatic carbocycles. The second-order valence-electron chi connectivity index (χ2n) is 5.12. The summed E-state index contributed by atoms with van der Waals surface area (Å²) < 4.78 is 23.4. The SMILES string of the molecule is C=C(/N=C\C(C)NCc1ccc(S(=O)(=O)CC)cn1)[C@H](C)N. The zero-order valence-electron chi connectivity index (χ0n) is 13.3. The maximum atomic E-state index is 11.7. The average Bonchev–Trinajstić information content (AvgIpc) is 2.50. The van der Waals surface area contributed by atoms with Crippen LogP contribution < -0.4 is 11.1 Å². The highest BCUT2D eigenvalue weighted by molar-refractivity contribution is 7.91. The summed E-state index contributed by atoms with van der Waals surface area (Å²) in [5.41, 5.74) is 7.05. The van der Waals surface area contributed by atoms with E-state index in [9.17, 15) is 8.42 Å². The molecule has 1 heterocycles. The number of nitrogens with one attached hydrogen (secondary N) is 1. The van der Waals surface area contributed by atoms with Crippen molar-refractivity contribution in [3.63, 3.8) is 0 Å². The van der Waals surface area contributed by atoms with Gasteiger partial charge in [-0.15, -0.1) is 0 Å². The zero-order chi connectivity index (χ0) is 16.8. The molecule has 6 nitrogen and oxygen atoms in total. The van der Waals surface area contributed by atoms with Gasteiger partial charge in [-0.2, -0.15) is 0 Å². The van der Waals surface area contributed by atoms with Crippen LogP contribution in [0, 0.1) is 0 Å². The summed E-state index contributed by atoms with van der Waals surface area (Å²) in [7, 11) is -3.20. The summed E-state index contributed by atoms with van der Waals surface area (Å²) in [4.78, 5) is 8.60. The fraction of sp³-hybridized carbons (Fsp3) is 0.467. The third kappa shape index (κ3) is 5.67. The first kappa shape index (κ1) is 18.5. The number of nitrogens with two attached hydrogens (primary N) is 1. The van der Waals surface area contributed by atoms with Gasteiger partial charge in [0.15, 0.2) is 9.84 Å². The summed E-state index contributed by atoms with van der Waals surface area (Å²) in [6.45, 7) is 9.68. The predicted octanol–water partition coefficient (Wildman–Crippen LogP) is 1.28. The van der Waals surface area contributed by atoms with Crippen molar-refractivity contribution in [2.75, 3.05) is 5.75 Å². The number of pyridine rings is 1. The maximum Gasteiger partial charge on any atom is 0.179 e. The molecular weight excluding hydrogens is 300 g/mol. The average molecular weight is 324 g/mol. The van der Waals surface area contributed by atoms with Gasteiger partial charge in [0.1, 0.15) is 0 Å². The van der Waals surface area contributed by atoms with E-state index in [1.54, 1.807) is 25.3 Å². The monoisotopic (exact) mass is 324 g/mol. The van der Waals surface area contributed by atoms with E-state index in [0.717, 1.165) is 5.69 Å². The van der Waals surface area contributed by atoms with Crippen molar-refractivity contribution >= 4 is 16.1 Å². The van der Waals surface area contributed by atoms with Crippen LogP contribution in [-0.4, -0.2) is 37.5 Å². The summed E-state index contributed by atoms with van der Waals surface area (Å²) in [6, 6.07) is 3.15. The van der Waals surface area contributed by atoms with E-state index >= 15 is 0 Å². The molecule has 0 aliphatic heterocycles. The number of hydrogen-bond acceptors (Lipinski definition) is 6. The molecule has 7 heteroatoms. The fourth-order valence-electron chi connectivity index (χ4n) is 1.51. The number of hydrogen-bond donors (Lipinski definition) is 2. The van der Waals surface area contributed by atoms with E-state index < -0.39 is 9.84 Å². The van der Waals surface area contributed by atoms with Crippen molar-refractivity contribution in [3.05, 3.63) is 36.3 Å². The van der Waals surface area contributed by atoms with Crippen LogP contribution in [0.4, 0.5) is 0 Å². The van der Waals surface area contributed by atoms with Crippen molar-refractivity contribution < 1.29 is 8.42 Å². The van der Waals surface area contributed by atoms with Gasteiger partial charge >= 0.3 is 0 Å². The number of nitrogens with zero attached hydrogens (tertiary/aromatic N) is 2. The van der Waals surface area contributed by atoms with Crippen LogP contribution in [0.5, 0.6) is 0 Å². The Labute approximate surface area is 132 Å². The first-order valence-corrected chi connectivity index (χ1v) is 8.81. The van der Waals surface area contributed by atoms with Crippen LogP contribution in [0.1, 0.15) is 26.5 Å². The summed E-state index contributed by atoms with van der Waals surface area (Å²) in [6.07, 6.45) is 3.13. The summed E-state index contributed by atoms with van der Waals surface area (Å²) >= 11 is 0. The van der Waals surface area contributed by atoms with Gasteiger partial charge in [-0.05, 0) is 26.0 Å². The first-order chi connectivity index (χ1) is 10.3. The third-order valence-electron chi connectivity index (χ3n) is 3.13. The molecule has 0 amide bonds. The molecule has 1 aromatic heterocycles. The van der Waals surface area contributed by atoms with Crippen molar-refractivity contribution in [2.45, 2.75) is 44.3 Å². The van der Waals surface area contributed by atoms with Gasteiger partial charge < -0.3 is 11.1 Å². The molecular formula is C15H24N4O2S. The predicted molar refractivity (Wildman–Crippen MR) is 89.5 cm³/mol. The molecule has 0 aliphatic rings. The highest BCUT2D eigenvalue weighted by Gasteiger charge is 2.11. The molecule has 1 aromatic rings. The van der Waals surface area contributed by atoms with E-state index in [2.05, 4.69) is 21.9 Å². The van der Waals surface area contributed by atoms with Crippen LogP contribution in [-0.2, 0) is 16.4 Å². The molecule has 3 N–H and O–H groups in total. The highest BCUT2D eigenvalue weighted by Crippen LogP contribution is 2.09. The van der Waals surface area contributed by atoms with E-state index in [1.807, 2.05) is 13.8 Å². The van der Waals surface area contributed by atoms with E-state index in [1.165, 1.54) is 6.20 Å². The normalized spacial score (nSPS) is 14.9. The quantitative estimate of drug-likeness (QED) is 0.702. The minimum absolute atomic E-state index is 0.0244. The van der Waals surface area contributed by atoms with Gasteiger partial charge in [0.2, 0.25) is 0 Å². The number of sulfone groups is 1. The van der Waals surface area contributed by atoms with Gasteiger partial charge in [0.05, 0.1) is 16.3 Å². The zero-order valence-corrected chi connectivity index (χ0v) is 14.1. The smallest absolute Gasteiger partial charge is 0.179 e. The highest BCUT2D eigenvalue weighted by atomic mass is 32.2. The van der Waals surface area contributed by atoms with Crippen molar-refractivity contribution in [1.82, 2.24) is 10.3 Å². The van der Waals surface area contributed by atoms with E-state index in [4.69, 9.17) is 5.73 Å². The van der Waals surface area contributed by atoms with Crippen LogP contribution >= 0.6 is 0 Å². The second-order valence-corrected chi connectivity index (χ2v) is 7.39.